The molecule has 0 bridgehead atoms. The van der Waals surface area contributed by atoms with Gasteiger partial charge in [-0.1, -0.05) is 0 Å². The number of halogens is 1. The molecule has 0 aliphatic carbocycles. The standard InChI is InChI=1S/C13H15BrN2O5/c1-21-13(18)8-5-10(14)12(11(6-8)16(19)20)15-4-2-3-9(17)7-15/h5-6,9,17H,2-4,7H2,1H3/t9-/m1/s1. The highest BCUT2D eigenvalue weighted by Gasteiger charge is 2.28. The van der Waals surface area contributed by atoms with Gasteiger partial charge in [0.1, 0.15) is 5.69 Å². The second-order valence-corrected chi connectivity index (χ2v) is 5.67. The summed E-state index contributed by atoms with van der Waals surface area (Å²) in [5.74, 6) is -0.635. The van der Waals surface area contributed by atoms with E-state index in [1.165, 1.54) is 19.2 Å². The number of hydrogen-bond acceptors (Lipinski definition) is 6. The van der Waals surface area contributed by atoms with E-state index in [2.05, 4.69) is 20.7 Å². The first-order chi connectivity index (χ1) is 9.93. The summed E-state index contributed by atoms with van der Waals surface area (Å²) in [7, 11) is 1.22. The molecule has 8 heteroatoms. The minimum atomic E-state index is -0.635. The van der Waals surface area contributed by atoms with Gasteiger partial charge in [0.15, 0.2) is 0 Å². The fraction of sp³-hybridized carbons (Fsp3) is 0.462. The number of β-amino-alcohol motifs (C(OH)–C–C–N with tert-alkyl or cyclic N) is 1. The number of rotatable bonds is 3. The first kappa shape index (κ1) is 15.7. The molecule has 21 heavy (non-hydrogen) atoms. The van der Waals surface area contributed by atoms with E-state index in [1.807, 2.05) is 0 Å². The number of nitro groups is 1. The summed E-state index contributed by atoms with van der Waals surface area (Å²) in [6, 6.07) is 2.70. The second kappa shape index (κ2) is 6.40. The molecule has 0 saturated carbocycles. The van der Waals surface area contributed by atoms with Gasteiger partial charge in [0.2, 0.25) is 0 Å². The number of hydrogen-bond donors (Lipinski definition) is 1. The van der Waals surface area contributed by atoms with Crippen molar-refractivity contribution < 1.29 is 19.6 Å². The van der Waals surface area contributed by atoms with Crippen LogP contribution in [0.25, 0.3) is 0 Å². The monoisotopic (exact) mass is 358 g/mol. The zero-order valence-corrected chi connectivity index (χ0v) is 13.0. The Morgan fingerprint density at radius 2 is 2.29 bits per heavy atom. The van der Waals surface area contributed by atoms with Crippen LogP contribution < -0.4 is 4.90 Å². The van der Waals surface area contributed by atoms with E-state index in [9.17, 15) is 20.0 Å². The van der Waals surface area contributed by atoms with Gasteiger partial charge in [0.05, 0.1) is 23.7 Å². The predicted octanol–water partition coefficient (Wildman–Crippen LogP) is 2.10. The van der Waals surface area contributed by atoms with Crippen LogP contribution in [0.5, 0.6) is 0 Å². The molecule has 1 saturated heterocycles. The smallest absolute Gasteiger partial charge is 0.338 e. The van der Waals surface area contributed by atoms with Crippen LogP contribution in [0.4, 0.5) is 11.4 Å². The fourth-order valence-electron chi connectivity index (χ4n) is 2.43. The highest BCUT2D eigenvalue weighted by Crippen LogP contribution is 2.38. The molecule has 7 nitrogen and oxygen atoms in total. The Kier molecular flexibility index (Phi) is 4.79. The Balaban J connectivity index is 2.49. The number of carbonyl (C=O) groups is 1. The summed E-state index contributed by atoms with van der Waals surface area (Å²) in [5.41, 5.74) is 0.308. The third kappa shape index (κ3) is 3.33. The number of benzene rings is 1. The van der Waals surface area contributed by atoms with Crippen LogP contribution in [0.3, 0.4) is 0 Å². The van der Waals surface area contributed by atoms with Gasteiger partial charge in [-0.25, -0.2) is 4.79 Å². The number of piperidine rings is 1. The van der Waals surface area contributed by atoms with Crippen molar-refractivity contribution in [3.63, 3.8) is 0 Å². The minimum Gasteiger partial charge on any atom is -0.465 e. The predicted molar refractivity (Wildman–Crippen MR) is 79.6 cm³/mol. The molecule has 1 N–H and O–H groups in total. The SMILES string of the molecule is COC(=O)c1cc(Br)c(N2CCC[C@@H](O)C2)c([N+](=O)[O-])c1. The van der Waals surface area contributed by atoms with Gasteiger partial charge in [0.25, 0.3) is 5.69 Å². The number of anilines is 1. The van der Waals surface area contributed by atoms with Gasteiger partial charge >= 0.3 is 5.97 Å². The Bertz CT molecular complexity index is 578. The first-order valence-corrected chi connectivity index (χ1v) is 7.22. The molecule has 0 unspecified atom stereocenters. The lowest BCUT2D eigenvalue weighted by molar-refractivity contribution is -0.384. The third-order valence-corrected chi connectivity index (χ3v) is 3.98. The second-order valence-electron chi connectivity index (χ2n) is 4.82. The number of nitrogens with zero attached hydrogens (tertiary/aromatic N) is 2. The van der Waals surface area contributed by atoms with Crippen molar-refractivity contribution in [3.05, 3.63) is 32.3 Å². The van der Waals surface area contributed by atoms with Crippen molar-refractivity contribution in [1.82, 2.24) is 0 Å². The normalized spacial score (nSPS) is 18.4. The lowest BCUT2D eigenvalue weighted by atomic mass is 10.1. The number of aliphatic hydroxyl groups excluding tert-OH is 1. The van der Waals surface area contributed by atoms with Crippen LogP contribution in [0, 0.1) is 10.1 Å². The highest BCUT2D eigenvalue weighted by atomic mass is 79.9. The summed E-state index contributed by atoms with van der Waals surface area (Å²) in [4.78, 5) is 24.1. The number of carbonyl (C=O) groups excluding carboxylic acids is 1. The maximum Gasteiger partial charge on any atom is 0.338 e. The maximum absolute atomic E-state index is 11.6. The van der Waals surface area contributed by atoms with E-state index >= 15 is 0 Å². The van der Waals surface area contributed by atoms with Crippen LogP contribution in [-0.2, 0) is 4.74 Å². The molecule has 0 aromatic heterocycles. The van der Waals surface area contributed by atoms with Gasteiger partial charge in [0, 0.05) is 23.6 Å². The molecule has 1 atom stereocenters. The molecule has 1 heterocycles. The minimum absolute atomic E-state index is 0.109. The van der Waals surface area contributed by atoms with E-state index in [0.717, 1.165) is 6.42 Å². The average molecular weight is 359 g/mol. The summed E-state index contributed by atoms with van der Waals surface area (Å²) < 4.78 is 5.03. The van der Waals surface area contributed by atoms with E-state index < -0.39 is 17.0 Å². The zero-order valence-electron chi connectivity index (χ0n) is 11.4. The van der Waals surface area contributed by atoms with Gasteiger partial charge in [-0.05, 0) is 34.8 Å². The summed E-state index contributed by atoms with van der Waals surface area (Å²) >= 11 is 3.28. The molecular formula is C13H15BrN2O5. The summed E-state index contributed by atoms with van der Waals surface area (Å²) in [5, 5.41) is 21.0. The zero-order chi connectivity index (χ0) is 15.6. The molecule has 0 spiro atoms. The first-order valence-electron chi connectivity index (χ1n) is 6.43. The van der Waals surface area contributed by atoms with Crippen LogP contribution in [-0.4, -0.2) is 42.3 Å². The Labute approximate surface area is 129 Å². The van der Waals surface area contributed by atoms with Crippen LogP contribution >= 0.6 is 15.9 Å². The number of esters is 1. The Hall–Kier alpha value is -1.67. The van der Waals surface area contributed by atoms with Crippen LogP contribution in [0.2, 0.25) is 0 Å². The van der Waals surface area contributed by atoms with Crippen molar-refractivity contribution in [2.75, 3.05) is 25.1 Å². The number of methoxy groups -OCH3 is 1. The van der Waals surface area contributed by atoms with Crippen molar-refractivity contribution in [2.24, 2.45) is 0 Å². The van der Waals surface area contributed by atoms with Gasteiger partial charge in [-0.2, -0.15) is 0 Å². The van der Waals surface area contributed by atoms with E-state index in [4.69, 9.17) is 0 Å². The molecule has 1 aromatic carbocycles. The third-order valence-electron chi connectivity index (χ3n) is 3.37. The van der Waals surface area contributed by atoms with Gasteiger partial charge in [-0.3, -0.25) is 10.1 Å². The lowest BCUT2D eigenvalue weighted by Gasteiger charge is -2.32. The molecule has 1 fully saturated rings. The molecule has 1 aliphatic rings. The lowest BCUT2D eigenvalue weighted by Crippen LogP contribution is -2.38. The van der Waals surface area contributed by atoms with Gasteiger partial charge in [-0.15, -0.1) is 0 Å². The number of ether oxygens (including phenoxy) is 1. The number of nitro benzene ring substituents is 1. The van der Waals surface area contributed by atoms with Gasteiger partial charge < -0.3 is 14.7 Å². The largest absolute Gasteiger partial charge is 0.465 e. The topological polar surface area (TPSA) is 92.9 Å². The summed E-state index contributed by atoms with van der Waals surface area (Å²) in [6.45, 7) is 0.949. The van der Waals surface area contributed by atoms with Crippen LogP contribution in [0.1, 0.15) is 23.2 Å². The van der Waals surface area contributed by atoms with E-state index in [0.29, 0.717) is 29.7 Å². The average Bonchev–Trinajstić information content (AvgIpc) is 2.45. The molecule has 2 rings (SSSR count). The summed E-state index contributed by atoms with van der Waals surface area (Å²) in [6.07, 6.45) is 0.927. The molecule has 114 valence electrons. The van der Waals surface area contributed by atoms with Crippen molar-refractivity contribution in [1.29, 1.82) is 0 Å². The van der Waals surface area contributed by atoms with E-state index in [1.54, 1.807) is 4.90 Å². The molecular weight excluding hydrogens is 344 g/mol. The maximum atomic E-state index is 11.6. The van der Waals surface area contributed by atoms with Crippen molar-refractivity contribution >= 4 is 33.3 Å². The van der Waals surface area contributed by atoms with Crippen molar-refractivity contribution in [2.45, 2.75) is 18.9 Å². The molecule has 0 amide bonds. The quantitative estimate of drug-likeness (QED) is 0.505. The Morgan fingerprint density at radius 1 is 1.57 bits per heavy atom. The van der Waals surface area contributed by atoms with Crippen LogP contribution in [0.15, 0.2) is 16.6 Å². The molecule has 0 radical (unpaired) electrons. The molecule has 1 aliphatic heterocycles. The Morgan fingerprint density at radius 3 is 2.86 bits per heavy atom. The van der Waals surface area contributed by atoms with E-state index in [-0.39, 0.29) is 11.3 Å². The van der Waals surface area contributed by atoms with Crippen molar-refractivity contribution in [3.8, 4) is 0 Å². The highest BCUT2D eigenvalue weighted by molar-refractivity contribution is 9.10. The number of aliphatic hydroxyl groups is 1. The fourth-order valence-corrected chi connectivity index (χ4v) is 3.13. The molecule has 1 aromatic rings.